The fourth-order valence-electron chi connectivity index (χ4n) is 2.73. The predicted octanol–water partition coefficient (Wildman–Crippen LogP) is 3.03. The molecule has 0 saturated carbocycles. The van der Waals surface area contributed by atoms with Crippen LogP contribution in [-0.2, 0) is 19.4 Å². The van der Waals surface area contributed by atoms with Crippen molar-refractivity contribution in [3.05, 3.63) is 53.6 Å². The smallest absolute Gasteiger partial charge is 0.493 e. The maximum Gasteiger partial charge on any atom is 0.501 e. The van der Waals surface area contributed by atoms with Crippen LogP contribution in [0, 0.1) is 0 Å². The van der Waals surface area contributed by atoms with Gasteiger partial charge in [-0.05, 0) is 42.0 Å². The molecule has 1 N–H and O–H groups in total. The number of carbonyl (C=O) groups is 2. The highest BCUT2D eigenvalue weighted by Crippen LogP contribution is 2.32. The molecule has 2 rings (SSSR count). The number of benzene rings is 2. The Morgan fingerprint density at radius 3 is 2.06 bits per heavy atom. The summed E-state index contributed by atoms with van der Waals surface area (Å²) in [6, 6.07) is 7.08. The molecule has 0 radical (unpaired) electrons. The largest absolute Gasteiger partial charge is 0.501 e. The van der Waals surface area contributed by atoms with Crippen molar-refractivity contribution in [3.63, 3.8) is 0 Å². The van der Waals surface area contributed by atoms with Gasteiger partial charge in [-0.1, -0.05) is 6.07 Å². The van der Waals surface area contributed by atoms with Crippen LogP contribution >= 0.6 is 0 Å². The van der Waals surface area contributed by atoms with Gasteiger partial charge in [0.15, 0.2) is 11.5 Å². The van der Waals surface area contributed by atoms with Crippen molar-refractivity contribution in [1.82, 2.24) is 5.32 Å². The SMILES string of the molecule is COC(=O)CC(NC(=O)c1ccc(S(=O)(=O)C(F)(F)F)cc1)c1ccc(OC)c(OC)c1. The molecule has 0 fully saturated rings. The molecule has 0 aliphatic rings. The number of esters is 1. The molecule has 2 aromatic carbocycles. The van der Waals surface area contributed by atoms with Gasteiger partial charge in [0, 0.05) is 5.56 Å². The van der Waals surface area contributed by atoms with Gasteiger partial charge in [-0.15, -0.1) is 0 Å². The molecular weight excluding hydrogens is 455 g/mol. The molecule has 0 heterocycles. The average molecular weight is 475 g/mol. The van der Waals surface area contributed by atoms with Crippen molar-refractivity contribution in [2.24, 2.45) is 0 Å². The van der Waals surface area contributed by atoms with E-state index in [1.165, 1.54) is 21.3 Å². The summed E-state index contributed by atoms with van der Waals surface area (Å²) in [6.45, 7) is 0. The fourth-order valence-corrected chi connectivity index (χ4v) is 3.49. The van der Waals surface area contributed by atoms with Gasteiger partial charge in [-0.25, -0.2) is 8.42 Å². The van der Waals surface area contributed by atoms with E-state index >= 15 is 0 Å². The molecule has 2 aromatic rings. The zero-order valence-corrected chi connectivity index (χ0v) is 18.0. The second-order valence-electron chi connectivity index (χ2n) is 6.39. The summed E-state index contributed by atoms with van der Waals surface area (Å²) >= 11 is 0. The Morgan fingerprint density at radius 2 is 1.56 bits per heavy atom. The molecule has 8 nitrogen and oxygen atoms in total. The van der Waals surface area contributed by atoms with Crippen LogP contribution < -0.4 is 14.8 Å². The summed E-state index contributed by atoms with van der Waals surface area (Å²) in [5.41, 5.74) is -5.10. The van der Waals surface area contributed by atoms with Crippen molar-refractivity contribution < 1.29 is 45.4 Å². The van der Waals surface area contributed by atoms with E-state index in [1.807, 2.05) is 0 Å². The van der Waals surface area contributed by atoms with Gasteiger partial charge in [0.1, 0.15) is 0 Å². The topological polar surface area (TPSA) is 108 Å². The van der Waals surface area contributed by atoms with Crippen LogP contribution in [0.15, 0.2) is 47.4 Å². The Bertz CT molecular complexity index is 1080. The number of alkyl halides is 3. The number of rotatable bonds is 8. The Kier molecular flexibility index (Phi) is 7.73. The van der Waals surface area contributed by atoms with Gasteiger partial charge in [0.2, 0.25) is 0 Å². The Labute approximate surface area is 182 Å². The van der Waals surface area contributed by atoms with Crippen molar-refractivity contribution in [2.75, 3.05) is 21.3 Å². The first-order valence-corrected chi connectivity index (χ1v) is 10.4. The second kappa shape index (κ2) is 9.90. The third-order valence-corrected chi connectivity index (χ3v) is 5.95. The highest BCUT2D eigenvalue weighted by Gasteiger charge is 2.46. The summed E-state index contributed by atoms with van der Waals surface area (Å²) in [6.07, 6.45) is -0.252. The maximum atomic E-state index is 12.7. The van der Waals surface area contributed by atoms with E-state index in [-0.39, 0.29) is 12.0 Å². The minimum Gasteiger partial charge on any atom is -0.493 e. The van der Waals surface area contributed by atoms with Crippen LogP contribution in [0.4, 0.5) is 13.2 Å². The van der Waals surface area contributed by atoms with Gasteiger partial charge >= 0.3 is 11.5 Å². The minimum absolute atomic E-state index is 0.110. The predicted molar refractivity (Wildman–Crippen MR) is 106 cm³/mol. The number of sulfone groups is 1. The number of carbonyl (C=O) groups excluding carboxylic acids is 2. The summed E-state index contributed by atoms with van der Waals surface area (Å²) in [5, 5.41) is 2.58. The number of hydrogen-bond donors (Lipinski definition) is 1. The second-order valence-corrected chi connectivity index (χ2v) is 8.34. The van der Waals surface area contributed by atoms with Crippen molar-refractivity contribution in [1.29, 1.82) is 0 Å². The summed E-state index contributed by atoms with van der Waals surface area (Å²) in [4.78, 5) is 23.5. The number of nitrogens with one attached hydrogen (secondary N) is 1. The van der Waals surface area contributed by atoms with E-state index in [1.54, 1.807) is 18.2 Å². The molecule has 0 aromatic heterocycles. The van der Waals surface area contributed by atoms with Crippen molar-refractivity contribution >= 4 is 21.7 Å². The lowest BCUT2D eigenvalue weighted by molar-refractivity contribution is -0.141. The molecule has 0 bridgehead atoms. The molecule has 1 unspecified atom stereocenters. The van der Waals surface area contributed by atoms with E-state index in [0.717, 1.165) is 12.1 Å². The van der Waals surface area contributed by atoms with E-state index in [0.29, 0.717) is 29.2 Å². The zero-order valence-electron chi connectivity index (χ0n) is 17.2. The first kappa shape index (κ1) is 25.0. The maximum absolute atomic E-state index is 12.7. The fraction of sp³-hybridized carbons (Fsp3) is 0.300. The molecule has 0 spiro atoms. The number of methoxy groups -OCH3 is 3. The van der Waals surface area contributed by atoms with E-state index in [2.05, 4.69) is 10.1 Å². The Hall–Kier alpha value is -3.28. The lowest BCUT2D eigenvalue weighted by Crippen LogP contribution is -2.30. The van der Waals surface area contributed by atoms with Gasteiger partial charge in [0.25, 0.3) is 15.7 Å². The molecule has 0 aliphatic carbocycles. The van der Waals surface area contributed by atoms with Crippen LogP contribution in [0.3, 0.4) is 0 Å². The van der Waals surface area contributed by atoms with E-state index < -0.39 is 38.2 Å². The normalized spacial score (nSPS) is 12.6. The van der Waals surface area contributed by atoms with Crippen LogP contribution in [0.25, 0.3) is 0 Å². The molecule has 0 aliphatic heterocycles. The Morgan fingerprint density at radius 1 is 0.969 bits per heavy atom. The van der Waals surface area contributed by atoms with Crippen LogP contribution in [0.2, 0.25) is 0 Å². The molecule has 1 amide bonds. The molecule has 0 saturated heterocycles. The van der Waals surface area contributed by atoms with Crippen molar-refractivity contribution in [3.8, 4) is 11.5 Å². The quantitative estimate of drug-likeness (QED) is 0.585. The minimum atomic E-state index is -5.54. The van der Waals surface area contributed by atoms with Crippen LogP contribution in [-0.4, -0.2) is 47.1 Å². The van der Waals surface area contributed by atoms with Gasteiger partial charge in [-0.3, -0.25) is 9.59 Å². The molecular formula is C20H20F3NO7S. The van der Waals surface area contributed by atoms with E-state index in [4.69, 9.17) is 9.47 Å². The monoisotopic (exact) mass is 475 g/mol. The van der Waals surface area contributed by atoms with Crippen LogP contribution in [0.5, 0.6) is 11.5 Å². The van der Waals surface area contributed by atoms with E-state index in [9.17, 15) is 31.2 Å². The van der Waals surface area contributed by atoms with Crippen molar-refractivity contribution in [2.45, 2.75) is 22.9 Å². The molecule has 174 valence electrons. The Balaban J connectivity index is 2.32. The number of ether oxygens (including phenoxy) is 3. The van der Waals surface area contributed by atoms with Gasteiger partial charge in [-0.2, -0.15) is 13.2 Å². The molecule has 32 heavy (non-hydrogen) atoms. The summed E-state index contributed by atoms with van der Waals surface area (Å²) in [5.74, 6) is -0.613. The lowest BCUT2D eigenvalue weighted by Gasteiger charge is -2.20. The number of hydrogen-bond acceptors (Lipinski definition) is 7. The first-order valence-electron chi connectivity index (χ1n) is 8.95. The third-order valence-electron chi connectivity index (χ3n) is 4.45. The first-order chi connectivity index (χ1) is 14.9. The van der Waals surface area contributed by atoms with Gasteiger partial charge in [0.05, 0.1) is 38.7 Å². The van der Waals surface area contributed by atoms with Gasteiger partial charge < -0.3 is 19.5 Å². The summed E-state index contributed by atoms with van der Waals surface area (Å²) < 4.78 is 76.0. The lowest BCUT2D eigenvalue weighted by atomic mass is 10.0. The highest BCUT2D eigenvalue weighted by atomic mass is 32.2. The molecule has 1 atom stereocenters. The number of halogens is 3. The zero-order chi connectivity index (χ0) is 24.1. The summed E-state index contributed by atoms with van der Waals surface area (Å²) in [7, 11) is -1.51. The highest BCUT2D eigenvalue weighted by molar-refractivity contribution is 7.92. The van der Waals surface area contributed by atoms with Crippen LogP contribution in [0.1, 0.15) is 28.4 Å². The number of amides is 1. The average Bonchev–Trinajstić information content (AvgIpc) is 2.77. The molecule has 12 heteroatoms. The standard InChI is InChI=1S/C20H20F3NO7S/c1-29-16-9-6-13(10-17(16)30-2)15(11-18(25)31-3)24-19(26)12-4-7-14(8-5-12)32(27,28)20(21,22)23/h4-10,15H,11H2,1-3H3,(H,24,26). The third kappa shape index (κ3) is 5.49.